The van der Waals surface area contributed by atoms with Crippen molar-refractivity contribution in [3.8, 4) is 0 Å². The van der Waals surface area contributed by atoms with Crippen LogP contribution in [0.1, 0.15) is 5.69 Å². The normalized spacial score (nSPS) is 10.7. The number of rotatable bonds is 3. The van der Waals surface area contributed by atoms with Crippen molar-refractivity contribution in [1.29, 1.82) is 0 Å². The van der Waals surface area contributed by atoms with Crippen LogP contribution in [0.4, 0.5) is 10.1 Å². The lowest BCUT2D eigenvalue weighted by Crippen LogP contribution is -2.17. The monoisotopic (exact) mass is 243 g/mol. The van der Waals surface area contributed by atoms with Gasteiger partial charge in [0.15, 0.2) is 0 Å². The molecule has 3 aromatic rings. The molecule has 0 aliphatic rings. The largest absolute Gasteiger partial charge is 0.400 e. The Hall–Kier alpha value is -2.43. The van der Waals surface area contributed by atoms with Gasteiger partial charge in [0.25, 0.3) is 0 Å². The van der Waals surface area contributed by atoms with Crippen LogP contribution in [0.3, 0.4) is 0 Å². The highest BCUT2D eigenvalue weighted by Gasteiger charge is 2.07. The van der Waals surface area contributed by atoms with E-state index in [1.54, 1.807) is 18.3 Å². The van der Waals surface area contributed by atoms with Crippen molar-refractivity contribution in [3.05, 3.63) is 60.4 Å². The molecule has 2 N–H and O–H groups in total. The Bertz CT molecular complexity index is 627. The number of benzene rings is 1. The average Bonchev–Trinajstić information content (AvgIpc) is 2.81. The molecule has 4 nitrogen and oxygen atoms in total. The quantitative estimate of drug-likeness (QED) is 0.690. The van der Waals surface area contributed by atoms with Gasteiger partial charge < -0.3 is 5.32 Å². The molecular weight excluding hydrogens is 231 g/mol. The van der Waals surface area contributed by atoms with Crippen molar-refractivity contribution < 1.29 is 8.79 Å². The van der Waals surface area contributed by atoms with Crippen LogP contribution in [0.2, 0.25) is 0 Å². The Kier molecular flexibility index (Phi) is 2.64. The molecular formula is C13H12FN4+. The van der Waals surface area contributed by atoms with E-state index in [4.69, 9.17) is 0 Å². The fourth-order valence-corrected chi connectivity index (χ4v) is 1.78. The number of hydrogen-bond acceptors (Lipinski definition) is 2. The molecule has 90 valence electrons. The second kappa shape index (κ2) is 4.44. The first kappa shape index (κ1) is 10.7. The van der Waals surface area contributed by atoms with Gasteiger partial charge in [-0.3, -0.25) is 0 Å². The average molecular weight is 243 g/mol. The van der Waals surface area contributed by atoms with Crippen LogP contribution in [-0.2, 0) is 6.54 Å². The van der Waals surface area contributed by atoms with E-state index < -0.39 is 0 Å². The van der Waals surface area contributed by atoms with Gasteiger partial charge in [0, 0.05) is 11.8 Å². The molecule has 0 atom stereocenters. The molecule has 2 heterocycles. The molecule has 0 bridgehead atoms. The number of H-pyrrole nitrogens is 1. The maximum Gasteiger partial charge on any atom is 0.400 e. The van der Waals surface area contributed by atoms with Crippen molar-refractivity contribution >= 4 is 11.5 Å². The van der Waals surface area contributed by atoms with Crippen molar-refractivity contribution in [3.63, 3.8) is 0 Å². The van der Waals surface area contributed by atoms with Gasteiger partial charge in [-0.1, -0.05) is 4.98 Å². The van der Waals surface area contributed by atoms with Crippen molar-refractivity contribution in [2.24, 2.45) is 0 Å². The van der Waals surface area contributed by atoms with Gasteiger partial charge in [0.1, 0.15) is 23.9 Å². The lowest BCUT2D eigenvalue weighted by molar-refractivity contribution is -0.512. The van der Waals surface area contributed by atoms with E-state index in [0.29, 0.717) is 6.54 Å². The van der Waals surface area contributed by atoms with E-state index in [9.17, 15) is 4.39 Å². The summed E-state index contributed by atoms with van der Waals surface area (Å²) in [7, 11) is 0. The number of hydrogen-bond donors (Lipinski definition) is 2. The summed E-state index contributed by atoms with van der Waals surface area (Å²) in [5, 5.41) is 3.21. The molecule has 2 aromatic heterocycles. The Balaban J connectivity index is 1.74. The molecule has 0 radical (unpaired) electrons. The standard InChI is InChI=1S/C13H11FN4/c14-10-2-4-11(5-3-10)16-8-12-9-18-7-1-6-15-13(18)17-12/h1-7,9,16H,8H2/p+1. The number of imidazole rings is 1. The molecule has 0 amide bonds. The third-order valence-electron chi connectivity index (χ3n) is 2.67. The highest BCUT2D eigenvalue weighted by molar-refractivity contribution is 5.43. The van der Waals surface area contributed by atoms with Gasteiger partial charge in [0.2, 0.25) is 0 Å². The molecule has 3 rings (SSSR count). The predicted molar refractivity (Wildman–Crippen MR) is 65.5 cm³/mol. The summed E-state index contributed by atoms with van der Waals surface area (Å²) in [5.41, 5.74) is 1.89. The summed E-state index contributed by atoms with van der Waals surface area (Å²) in [6.45, 7) is 0.634. The topological polar surface area (TPSA) is 44.8 Å². The zero-order valence-corrected chi connectivity index (χ0v) is 9.60. The number of anilines is 1. The summed E-state index contributed by atoms with van der Waals surface area (Å²) in [5.74, 6) is 0.569. The number of halogens is 1. The molecule has 18 heavy (non-hydrogen) atoms. The van der Waals surface area contributed by atoms with Gasteiger partial charge in [-0.05, 0) is 24.3 Å². The van der Waals surface area contributed by atoms with Crippen LogP contribution in [0, 0.1) is 5.82 Å². The molecule has 0 unspecified atom stereocenters. The number of aromatic nitrogens is 3. The minimum Gasteiger partial charge on any atom is -0.378 e. The van der Waals surface area contributed by atoms with E-state index in [-0.39, 0.29) is 5.82 Å². The third kappa shape index (κ3) is 2.15. The van der Waals surface area contributed by atoms with E-state index >= 15 is 0 Å². The summed E-state index contributed by atoms with van der Waals surface area (Å²) < 4.78 is 14.7. The number of aromatic amines is 1. The van der Waals surface area contributed by atoms with Crippen molar-refractivity contribution in [2.45, 2.75) is 6.54 Å². The summed E-state index contributed by atoms with van der Waals surface area (Å²) in [4.78, 5) is 7.39. The summed E-state index contributed by atoms with van der Waals surface area (Å²) in [6, 6.07) is 8.17. The molecule has 0 spiro atoms. The maximum absolute atomic E-state index is 12.7. The fraction of sp³-hybridized carbons (Fsp3) is 0.0769. The fourth-order valence-electron chi connectivity index (χ4n) is 1.78. The van der Waals surface area contributed by atoms with E-state index in [2.05, 4.69) is 15.3 Å². The molecule has 1 aromatic carbocycles. The third-order valence-corrected chi connectivity index (χ3v) is 2.67. The van der Waals surface area contributed by atoms with Crippen LogP contribution in [0.5, 0.6) is 0 Å². The van der Waals surface area contributed by atoms with Crippen LogP contribution in [-0.4, -0.2) is 9.97 Å². The van der Waals surface area contributed by atoms with Crippen LogP contribution in [0.15, 0.2) is 48.9 Å². The van der Waals surface area contributed by atoms with Crippen LogP contribution < -0.4 is 9.72 Å². The van der Waals surface area contributed by atoms with Crippen LogP contribution in [0.25, 0.3) is 5.78 Å². The first-order chi connectivity index (χ1) is 8.81. The Morgan fingerprint density at radius 1 is 1.28 bits per heavy atom. The second-order valence-electron chi connectivity index (χ2n) is 3.99. The minimum absolute atomic E-state index is 0.231. The molecule has 0 saturated heterocycles. The molecule has 0 fully saturated rings. The lowest BCUT2D eigenvalue weighted by atomic mass is 10.3. The SMILES string of the molecule is Fc1ccc(NCc2c[n+]3cccnc3[nH]2)cc1. The van der Waals surface area contributed by atoms with E-state index in [0.717, 1.165) is 17.2 Å². The Labute approximate surface area is 103 Å². The van der Waals surface area contributed by atoms with Gasteiger partial charge in [-0.25, -0.2) is 13.8 Å². The second-order valence-corrected chi connectivity index (χ2v) is 3.99. The van der Waals surface area contributed by atoms with Gasteiger partial charge in [-0.2, -0.15) is 0 Å². The van der Waals surface area contributed by atoms with Crippen molar-refractivity contribution in [1.82, 2.24) is 9.97 Å². The minimum atomic E-state index is -0.231. The molecule has 5 heteroatoms. The first-order valence-electron chi connectivity index (χ1n) is 5.64. The predicted octanol–water partition coefficient (Wildman–Crippen LogP) is 1.90. The first-order valence-corrected chi connectivity index (χ1v) is 5.64. The smallest absolute Gasteiger partial charge is 0.378 e. The summed E-state index contributed by atoms with van der Waals surface area (Å²) >= 11 is 0. The zero-order valence-electron chi connectivity index (χ0n) is 9.60. The number of fused-ring (bicyclic) bond motifs is 1. The van der Waals surface area contributed by atoms with E-state index in [1.807, 2.05) is 22.9 Å². The summed E-state index contributed by atoms with van der Waals surface area (Å²) in [6.07, 6.45) is 5.64. The van der Waals surface area contributed by atoms with Gasteiger partial charge >= 0.3 is 5.78 Å². The van der Waals surface area contributed by atoms with Gasteiger partial charge in [-0.15, -0.1) is 0 Å². The van der Waals surface area contributed by atoms with Crippen molar-refractivity contribution in [2.75, 3.05) is 5.32 Å². The molecule has 0 saturated carbocycles. The Morgan fingerprint density at radius 3 is 2.89 bits per heavy atom. The lowest BCUT2D eigenvalue weighted by Gasteiger charge is -2.02. The highest BCUT2D eigenvalue weighted by atomic mass is 19.1. The molecule has 0 aliphatic carbocycles. The zero-order chi connectivity index (χ0) is 12.4. The number of nitrogens with zero attached hydrogens (tertiary/aromatic N) is 2. The number of nitrogens with one attached hydrogen (secondary N) is 2. The van der Waals surface area contributed by atoms with Gasteiger partial charge in [0.05, 0.1) is 12.7 Å². The van der Waals surface area contributed by atoms with E-state index in [1.165, 1.54) is 12.1 Å². The van der Waals surface area contributed by atoms with Crippen LogP contribution >= 0.6 is 0 Å². The maximum atomic E-state index is 12.7. The molecule has 0 aliphatic heterocycles. The highest BCUT2D eigenvalue weighted by Crippen LogP contribution is 2.09. The Morgan fingerprint density at radius 2 is 2.11 bits per heavy atom.